The number of phenolic OH excluding ortho intramolecular Hbond substituents is 1. The molecule has 1 aliphatic rings. The molecule has 2 rings (SSSR count). The zero-order chi connectivity index (χ0) is 12.4. The summed E-state index contributed by atoms with van der Waals surface area (Å²) < 4.78 is 0. The molecule has 0 fully saturated rings. The van der Waals surface area contributed by atoms with Gasteiger partial charge in [-0.2, -0.15) is 0 Å². The Kier molecular flexibility index (Phi) is 3.09. The fourth-order valence-electron chi connectivity index (χ4n) is 2.00. The van der Waals surface area contributed by atoms with E-state index in [0.717, 1.165) is 12.8 Å². The van der Waals surface area contributed by atoms with E-state index in [9.17, 15) is 14.7 Å². The maximum absolute atomic E-state index is 12.1. The molecule has 0 saturated carbocycles. The average Bonchev–Trinajstić information content (AvgIpc) is 2.32. The summed E-state index contributed by atoms with van der Waals surface area (Å²) in [6.07, 6.45) is 3.83. The number of Topliss-reactive ketones (excluding diaryl/α,β-unsaturated/α-hetero) is 1. The zero-order valence-corrected chi connectivity index (χ0v) is 9.69. The van der Waals surface area contributed by atoms with Crippen LogP contribution in [0.4, 0.5) is 0 Å². The highest BCUT2D eigenvalue weighted by molar-refractivity contribution is 6.25. The van der Waals surface area contributed by atoms with Gasteiger partial charge in [-0.3, -0.25) is 9.59 Å². The highest BCUT2D eigenvalue weighted by Crippen LogP contribution is 2.30. The predicted molar refractivity (Wildman–Crippen MR) is 64.4 cm³/mol. The lowest BCUT2D eigenvalue weighted by Crippen LogP contribution is -2.17. The van der Waals surface area contributed by atoms with Crippen LogP contribution < -0.4 is 0 Å². The van der Waals surface area contributed by atoms with E-state index < -0.39 is 0 Å². The van der Waals surface area contributed by atoms with Gasteiger partial charge in [-0.05, 0) is 25.0 Å². The second-order valence-corrected chi connectivity index (χ2v) is 4.17. The minimum atomic E-state index is -0.217. The predicted octanol–water partition coefficient (Wildman–Crippen LogP) is 2.89. The fraction of sp³-hybridized carbons (Fsp3) is 0.286. The fourth-order valence-corrected chi connectivity index (χ4v) is 2.00. The molecule has 0 aromatic heterocycles. The third-order valence-corrected chi connectivity index (χ3v) is 2.93. The number of aromatic hydroxyl groups is 1. The molecule has 0 unspecified atom stereocenters. The number of rotatable bonds is 3. The number of phenols is 1. The Morgan fingerprint density at radius 2 is 2.00 bits per heavy atom. The molecule has 1 N–H and O–H groups in total. The van der Waals surface area contributed by atoms with Gasteiger partial charge in [-0.1, -0.05) is 25.5 Å². The van der Waals surface area contributed by atoms with Crippen molar-refractivity contribution < 1.29 is 14.7 Å². The van der Waals surface area contributed by atoms with Crippen LogP contribution in [-0.2, 0) is 0 Å². The first-order valence-corrected chi connectivity index (χ1v) is 5.76. The van der Waals surface area contributed by atoms with Crippen molar-refractivity contribution >= 4 is 11.6 Å². The van der Waals surface area contributed by atoms with Crippen LogP contribution in [0.25, 0.3) is 0 Å². The molecule has 0 aliphatic heterocycles. The summed E-state index contributed by atoms with van der Waals surface area (Å²) in [6.45, 7) is 2.03. The second kappa shape index (κ2) is 4.53. The monoisotopic (exact) mass is 230 g/mol. The Morgan fingerprint density at radius 3 is 2.71 bits per heavy atom. The van der Waals surface area contributed by atoms with Crippen molar-refractivity contribution in [3.8, 4) is 5.75 Å². The molecule has 0 bridgehead atoms. The van der Waals surface area contributed by atoms with Crippen molar-refractivity contribution in [2.75, 3.05) is 0 Å². The Labute approximate surface area is 99.8 Å². The number of fused-ring (bicyclic) bond motifs is 1. The molecule has 0 saturated heterocycles. The number of carbonyl (C=O) groups is 2. The first-order valence-electron chi connectivity index (χ1n) is 5.76. The molecule has 0 amide bonds. The highest BCUT2D eigenvalue weighted by Gasteiger charge is 2.27. The summed E-state index contributed by atoms with van der Waals surface area (Å²) in [5, 5.41) is 9.69. The molecule has 1 aromatic rings. The smallest absolute Gasteiger partial charge is 0.193 e. The molecule has 1 aliphatic carbocycles. The van der Waals surface area contributed by atoms with Crippen molar-refractivity contribution in [3.05, 3.63) is 41.0 Å². The third kappa shape index (κ3) is 2.00. The molecule has 1 aromatic carbocycles. The van der Waals surface area contributed by atoms with Crippen molar-refractivity contribution in [3.63, 3.8) is 0 Å². The van der Waals surface area contributed by atoms with Gasteiger partial charge in [0.25, 0.3) is 0 Å². The van der Waals surface area contributed by atoms with E-state index in [1.54, 1.807) is 12.1 Å². The summed E-state index contributed by atoms with van der Waals surface area (Å²) >= 11 is 0. The van der Waals surface area contributed by atoms with Crippen LogP contribution in [0.2, 0.25) is 0 Å². The second-order valence-electron chi connectivity index (χ2n) is 4.17. The lowest BCUT2D eigenvalue weighted by molar-refractivity contribution is 0.0978. The van der Waals surface area contributed by atoms with Crippen molar-refractivity contribution in [1.82, 2.24) is 0 Å². The molecule has 3 heteroatoms. The van der Waals surface area contributed by atoms with E-state index in [2.05, 4.69) is 0 Å². The van der Waals surface area contributed by atoms with Crippen LogP contribution in [0, 0.1) is 0 Å². The van der Waals surface area contributed by atoms with Gasteiger partial charge in [-0.25, -0.2) is 0 Å². The summed E-state index contributed by atoms with van der Waals surface area (Å²) in [6, 6.07) is 4.58. The molecule has 3 nitrogen and oxygen atoms in total. The number of unbranched alkanes of at least 4 members (excludes halogenated alkanes) is 1. The molecular weight excluding hydrogens is 216 g/mol. The molecular formula is C14H14O3. The van der Waals surface area contributed by atoms with E-state index in [1.165, 1.54) is 12.1 Å². The number of allylic oxidation sites excluding steroid dienone is 2. The van der Waals surface area contributed by atoms with Gasteiger partial charge in [-0.15, -0.1) is 0 Å². The highest BCUT2D eigenvalue weighted by atomic mass is 16.3. The minimum Gasteiger partial charge on any atom is -0.507 e. The number of benzene rings is 1. The first kappa shape index (κ1) is 11.6. The van der Waals surface area contributed by atoms with Crippen molar-refractivity contribution in [2.45, 2.75) is 26.2 Å². The van der Waals surface area contributed by atoms with Gasteiger partial charge in [0, 0.05) is 11.1 Å². The van der Waals surface area contributed by atoms with E-state index in [0.29, 0.717) is 17.6 Å². The zero-order valence-electron chi connectivity index (χ0n) is 9.69. The Hall–Kier alpha value is -1.90. The van der Waals surface area contributed by atoms with Gasteiger partial charge in [0.1, 0.15) is 5.75 Å². The molecule has 0 atom stereocenters. The number of carbonyl (C=O) groups excluding carboxylic acids is 2. The Bertz CT molecular complexity index is 512. The van der Waals surface area contributed by atoms with Crippen LogP contribution in [0.5, 0.6) is 5.75 Å². The summed E-state index contributed by atoms with van der Waals surface area (Å²) in [4.78, 5) is 23.9. The van der Waals surface area contributed by atoms with Crippen LogP contribution in [0.15, 0.2) is 29.8 Å². The van der Waals surface area contributed by atoms with Gasteiger partial charge in [0.15, 0.2) is 11.6 Å². The molecule has 0 spiro atoms. The van der Waals surface area contributed by atoms with Crippen LogP contribution >= 0.6 is 0 Å². The number of hydrogen-bond donors (Lipinski definition) is 1. The number of hydrogen-bond acceptors (Lipinski definition) is 3. The Balaban J connectivity index is 2.44. The van der Waals surface area contributed by atoms with E-state index in [1.807, 2.05) is 6.92 Å². The standard InChI is InChI=1S/C14H14O3/c1-2-3-5-9-8-12(16)10-6-4-7-11(15)13(10)14(9)17/h4,6-8,15H,2-3,5H2,1H3. The van der Waals surface area contributed by atoms with Gasteiger partial charge < -0.3 is 5.11 Å². The van der Waals surface area contributed by atoms with Crippen molar-refractivity contribution in [2.24, 2.45) is 0 Å². The lowest BCUT2D eigenvalue weighted by Gasteiger charge is -2.15. The SMILES string of the molecule is CCCCC1=CC(=O)c2cccc(O)c2C1=O. The van der Waals surface area contributed by atoms with E-state index >= 15 is 0 Å². The molecule has 0 radical (unpaired) electrons. The Morgan fingerprint density at radius 1 is 1.24 bits per heavy atom. The molecule has 17 heavy (non-hydrogen) atoms. The minimum absolute atomic E-state index is 0.108. The maximum atomic E-state index is 12.1. The lowest BCUT2D eigenvalue weighted by atomic mass is 9.87. The first-order chi connectivity index (χ1) is 8.15. The normalized spacial score (nSPS) is 14.5. The average molecular weight is 230 g/mol. The summed E-state index contributed by atoms with van der Waals surface area (Å²) in [5.74, 6) is -0.518. The molecule has 0 heterocycles. The summed E-state index contributed by atoms with van der Waals surface area (Å²) in [5.41, 5.74) is 0.965. The van der Waals surface area contributed by atoms with Gasteiger partial charge in [0.05, 0.1) is 5.56 Å². The maximum Gasteiger partial charge on any atom is 0.193 e. The van der Waals surface area contributed by atoms with E-state index in [-0.39, 0.29) is 22.9 Å². The quantitative estimate of drug-likeness (QED) is 0.868. The van der Waals surface area contributed by atoms with Crippen LogP contribution in [-0.4, -0.2) is 16.7 Å². The van der Waals surface area contributed by atoms with Gasteiger partial charge >= 0.3 is 0 Å². The topological polar surface area (TPSA) is 54.4 Å². The summed E-state index contributed by atoms with van der Waals surface area (Å²) in [7, 11) is 0. The number of ketones is 2. The van der Waals surface area contributed by atoms with Crippen LogP contribution in [0.3, 0.4) is 0 Å². The van der Waals surface area contributed by atoms with Crippen LogP contribution in [0.1, 0.15) is 46.9 Å². The third-order valence-electron chi connectivity index (χ3n) is 2.93. The van der Waals surface area contributed by atoms with E-state index in [4.69, 9.17) is 0 Å². The largest absolute Gasteiger partial charge is 0.507 e. The van der Waals surface area contributed by atoms with Crippen molar-refractivity contribution in [1.29, 1.82) is 0 Å². The van der Waals surface area contributed by atoms with Gasteiger partial charge in [0.2, 0.25) is 0 Å². The molecule has 88 valence electrons.